The van der Waals surface area contributed by atoms with Gasteiger partial charge in [-0.1, -0.05) is 38.5 Å². The molecule has 0 saturated heterocycles. The van der Waals surface area contributed by atoms with Gasteiger partial charge < -0.3 is 5.32 Å². The molecule has 2 N–H and O–H groups in total. The molecule has 0 bridgehead atoms. The minimum absolute atomic E-state index is 0.0433. The van der Waals surface area contributed by atoms with Crippen LogP contribution in [0.1, 0.15) is 64.2 Å². The summed E-state index contributed by atoms with van der Waals surface area (Å²) in [5.74, 6) is 0. The molecule has 0 aromatic rings. The van der Waals surface area contributed by atoms with E-state index in [9.17, 15) is 13.0 Å². The highest BCUT2D eigenvalue weighted by Crippen LogP contribution is 2.21. The zero-order chi connectivity index (χ0) is 13.7. The van der Waals surface area contributed by atoms with E-state index in [0.717, 1.165) is 51.4 Å². The summed E-state index contributed by atoms with van der Waals surface area (Å²) in [6.45, 7) is 0. The van der Waals surface area contributed by atoms with E-state index in [1.165, 1.54) is 12.8 Å². The van der Waals surface area contributed by atoms with Crippen molar-refractivity contribution in [3.63, 3.8) is 0 Å². The molecule has 0 aromatic carbocycles. The van der Waals surface area contributed by atoms with Gasteiger partial charge in [0.15, 0.2) is 0 Å². The fraction of sp³-hybridized carbons (Fsp3) is 0.923. The standard InChI is InChI=1S/C13H24N2O3S/c16-19(17,18)13(14-11-7-3-1-4-8-11)15-12-9-5-2-6-10-12/h11-12H,1-10H2,(H,14,15)(H,16,17,18). The minimum Gasteiger partial charge on any atom is -0.356 e. The SMILES string of the molecule is O=S(=O)(O)C(=NC1CCCCC1)NC1CCCCC1. The third kappa shape index (κ3) is 4.76. The van der Waals surface area contributed by atoms with Gasteiger partial charge in [0.2, 0.25) is 5.17 Å². The van der Waals surface area contributed by atoms with Crippen LogP contribution in [0.15, 0.2) is 4.99 Å². The van der Waals surface area contributed by atoms with Crippen LogP contribution >= 0.6 is 0 Å². The normalized spacial score (nSPS) is 24.4. The first-order valence-electron chi connectivity index (χ1n) is 7.37. The second-order valence-electron chi connectivity index (χ2n) is 5.68. The van der Waals surface area contributed by atoms with Gasteiger partial charge in [-0.3, -0.25) is 9.55 Å². The Hall–Kier alpha value is -0.620. The molecular weight excluding hydrogens is 264 g/mol. The van der Waals surface area contributed by atoms with Crippen molar-refractivity contribution in [3.05, 3.63) is 0 Å². The first kappa shape index (κ1) is 14.8. The Morgan fingerprint density at radius 3 is 2.00 bits per heavy atom. The number of hydrogen-bond donors (Lipinski definition) is 2. The van der Waals surface area contributed by atoms with Crippen LogP contribution in [0.4, 0.5) is 0 Å². The number of rotatable bonds is 2. The van der Waals surface area contributed by atoms with Crippen LogP contribution in [0.25, 0.3) is 0 Å². The quantitative estimate of drug-likeness (QED) is 0.465. The Morgan fingerprint density at radius 1 is 0.947 bits per heavy atom. The van der Waals surface area contributed by atoms with Crippen molar-refractivity contribution < 1.29 is 13.0 Å². The number of nitrogens with zero attached hydrogens (tertiary/aromatic N) is 1. The zero-order valence-electron chi connectivity index (χ0n) is 11.3. The molecule has 2 aliphatic carbocycles. The fourth-order valence-electron chi connectivity index (χ4n) is 2.98. The van der Waals surface area contributed by atoms with Gasteiger partial charge >= 0.3 is 10.1 Å². The highest BCUT2D eigenvalue weighted by Gasteiger charge is 2.24. The number of hydrogen-bond acceptors (Lipinski definition) is 3. The van der Waals surface area contributed by atoms with Crippen molar-refractivity contribution >= 4 is 15.3 Å². The first-order valence-corrected chi connectivity index (χ1v) is 8.81. The summed E-state index contributed by atoms with van der Waals surface area (Å²) < 4.78 is 32.2. The summed E-state index contributed by atoms with van der Waals surface area (Å²) in [5.41, 5.74) is 0. The van der Waals surface area contributed by atoms with E-state index < -0.39 is 10.1 Å². The molecule has 2 aliphatic rings. The maximum atomic E-state index is 11.4. The van der Waals surface area contributed by atoms with E-state index in [0.29, 0.717) is 0 Å². The van der Waals surface area contributed by atoms with E-state index in [1.807, 2.05) is 0 Å². The molecule has 6 heteroatoms. The summed E-state index contributed by atoms with van der Waals surface area (Å²) in [7, 11) is -4.22. The molecule has 2 saturated carbocycles. The molecule has 0 amide bonds. The van der Waals surface area contributed by atoms with Crippen molar-refractivity contribution in [3.8, 4) is 0 Å². The first-order chi connectivity index (χ1) is 9.05. The lowest BCUT2D eigenvalue weighted by molar-refractivity contribution is 0.407. The predicted octanol–water partition coefficient (Wildman–Crippen LogP) is 2.49. The van der Waals surface area contributed by atoms with Gasteiger partial charge in [0.25, 0.3) is 0 Å². The van der Waals surface area contributed by atoms with E-state index in [4.69, 9.17) is 0 Å². The summed E-state index contributed by atoms with van der Waals surface area (Å²) in [5, 5.41) is 2.75. The molecule has 5 nitrogen and oxygen atoms in total. The minimum atomic E-state index is -4.22. The maximum absolute atomic E-state index is 11.4. The van der Waals surface area contributed by atoms with Crippen LogP contribution in [0.5, 0.6) is 0 Å². The van der Waals surface area contributed by atoms with Gasteiger partial charge in [-0.15, -0.1) is 0 Å². The Morgan fingerprint density at radius 2 is 1.47 bits per heavy atom. The summed E-state index contributed by atoms with van der Waals surface area (Å²) in [6, 6.07) is 0.180. The topological polar surface area (TPSA) is 78.8 Å². The van der Waals surface area contributed by atoms with Crippen LogP contribution in [0, 0.1) is 0 Å². The Kier molecular flexibility index (Phi) is 5.21. The Labute approximate surface area is 115 Å². The van der Waals surface area contributed by atoms with Crippen molar-refractivity contribution in [2.75, 3.05) is 0 Å². The average molecular weight is 288 g/mol. The number of amidine groups is 1. The van der Waals surface area contributed by atoms with Crippen molar-refractivity contribution in [1.29, 1.82) is 0 Å². The molecule has 19 heavy (non-hydrogen) atoms. The third-order valence-electron chi connectivity index (χ3n) is 4.05. The Balaban J connectivity index is 2.04. The molecule has 0 spiro atoms. The second-order valence-corrected chi connectivity index (χ2v) is 7.02. The van der Waals surface area contributed by atoms with Gasteiger partial charge in [-0.05, 0) is 25.7 Å². The van der Waals surface area contributed by atoms with Gasteiger partial charge in [0.05, 0.1) is 6.04 Å². The van der Waals surface area contributed by atoms with Gasteiger partial charge in [0.1, 0.15) is 0 Å². The molecule has 0 aromatic heterocycles. The van der Waals surface area contributed by atoms with Gasteiger partial charge in [-0.25, -0.2) is 0 Å². The second kappa shape index (κ2) is 6.70. The van der Waals surface area contributed by atoms with Crippen molar-refractivity contribution in [2.45, 2.75) is 76.3 Å². The monoisotopic (exact) mass is 288 g/mol. The van der Waals surface area contributed by atoms with E-state index >= 15 is 0 Å². The van der Waals surface area contributed by atoms with Gasteiger partial charge in [-0.2, -0.15) is 8.42 Å². The molecule has 0 atom stereocenters. The molecule has 2 rings (SSSR count). The summed E-state index contributed by atoms with van der Waals surface area (Å²) in [6.07, 6.45) is 10.6. The number of aliphatic imine (C=N–C) groups is 1. The highest BCUT2D eigenvalue weighted by molar-refractivity contribution is 8.01. The third-order valence-corrected chi connectivity index (χ3v) is 4.76. The lowest BCUT2D eigenvalue weighted by Gasteiger charge is -2.25. The predicted molar refractivity (Wildman–Crippen MR) is 75.9 cm³/mol. The molecule has 2 fully saturated rings. The number of nitrogens with one attached hydrogen (secondary N) is 1. The summed E-state index contributed by atoms with van der Waals surface area (Å²) >= 11 is 0. The molecule has 0 unspecified atom stereocenters. The van der Waals surface area contributed by atoms with Crippen LogP contribution in [-0.2, 0) is 10.1 Å². The summed E-state index contributed by atoms with van der Waals surface area (Å²) in [4.78, 5) is 4.27. The van der Waals surface area contributed by atoms with Crippen LogP contribution in [0.3, 0.4) is 0 Å². The zero-order valence-corrected chi connectivity index (χ0v) is 12.2. The van der Waals surface area contributed by atoms with Crippen LogP contribution in [0.2, 0.25) is 0 Å². The van der Waals surface area contributed by atoms with Crippen LogP contribution in [-0.4, -0.2) is 30.2 Å². The molecule has 0 heterocycles. The Bertz CT molecular complexity index is 408. The van der Waals surface area contributed by atoms with E-state index in [1.54, 1.807) is 0 Å². The largest absolute Gasteiger partial charge is 0.356 e. The van der Waals surface area contributed by atoms with Crippen molar-refractivity contribution in [1.82, 2.24) is 5.32 Å². The molecule has 110 valence electrons. The lowest BCUT2D eigenvalue weighted by atomic mass is 9.95. The van der Waals surface area contributed by atoms with Crippen LogP contribution < -0.4 is 5.32 Å². The highest BCUT2D eigenvalue weighted by atomic mass is 32.2. The average Bonchev–Trinajstić information content (AvgIpc) is 2.39. The molecular formula is C13H24N2O3S. The van der Waals surface area contributed by atoms with E-state index in [2.05, 4.69) is 10.3 Å². The van der Waals surface area contributed by atoms with Crippen molar-refractivity contribution in [2.24, 2.45) is 4.99 Å². The van der Waals surface area contributed by atoms with E-state index in [-0.39, 0.29) is 17.3 Å². The molecule has 0 aliphatic heterocycles. The molecule has 0 radical (unpaired) electrons. The smallest absolute Gasteiger partial charge is 0.327 e. The van der Waals surface area contributed by atoms with Gasteiger partial charge in [0, 0.05) is 6.04 Å². The lowest BCUT2D eigenvalue weighted by Crippen LogP contribution is -2.41. The fourth-order valence-corrected chi connectivity index (χ4v) is 3.57. The maximum Gasteiger partial charge on any atom is 0.327 e.